The van der Waals surface area contributed by atoms with Crippen LogP contribution in [0.15, 0.2) is 57.2 Å². The molecule has 7 nitrogen and oxygen atoms in total. The summed E-state index contributed by atoms with van der Waals surface area (Å²) in [6, 6.07) is 7.39. The molecule has 0 spiro atoms. The SMILES string of the molecule is CC(C)S(=O)(=O)c1ccc(S(=O)(=O)c2ccc(NC(=O)[C@@](C)(O)C(F)(F)F)c(Cl)c2)cc1. The first kappa shape index (κ1) is 26.1. The number of carbonyl (C=O) groups is 1. The zero-order valence-electron chi connectivity index (χ0n) is 16.9. The van der Waals surface area contributed by atoms with Gasteiger partial charge < -0.3 is 10.4 Å². The third-order valence-corrected chi connectivity index (χ3v) is 8.83. The van der Waals surface area contributed by atoms with Crippen molar-refractivity contribution >= 4 is 42.9 Å². The van der Waals surface area contributed by atoms with Crippen molar-refractivity contribution in [3.63, 3.8) is 0 Å². The number of amides is 1. The average Bonchev–Trinajstić information content (AvgIpc) is 2.68. The van der Waals surface area contributed by atoms with Gasteiger partial charge in [-0.15, -0.1) is 0 Å². The van der Waals surface area contributed by atoms with Crippen molar-refractivity contribution in [2.45, 2.75) is 52.5 Å². The van der Waals surface area contributed by atoms with Crippen LogP contribution in [0.4, 0.5) is 18.9 Å². The number of anilines is 1. The van der Waals surface area contributed by atoms with Crippen LogP contribution in [0.5, 0.6) is 0 Å². The largest absolute Gasteiger partial charge is 0.426 e. The van der Waals surface area contributed by atoms with E-state index in [9.17, 15) is 39.9 Å². The van der Waals surface area contributed by atoms with Gasteiger partial charge in [-0.3, -0.25) is 4.79 Å². The summed E-state index contributed by atoms with van der Waals surface area (Å²) in [7, 11) is -7.77. The maximum absolute atomic E-state index is 12.8. The molecule has 2 rings (SSSR count). The summed E-state index contributed by atoms with van der Waals surface area (Å²) in [5.74, 6) is -1.80. The minimum atomic E-state index is -5.25. The quantitative estimate of drug-likeness (QED) is 0.609. The molecule has 0 fully saturated rings. The predicted octanol–water partition coefficient (Wildman–Crippen LogP) is 3.61. The lowest BCUT2D eigenvalue weighted by Crippen LogP contribution is -2.52. The number of rotatable bonds is 6. The van der Waals surface area contributed by atoms with Crippen LogP contribution in [0, 0.1) is 0 Å². The van der Waals surface area contributed by atoms with Gasteiger partial charge in [0, 0.05) is 0 Å². The summed E-state index contributed by atoms with van der Waals surface area (Å²) < 4.78 is 88.3. The Morgan fingerprint density at radius 3 is 1.88 bits per heavy atom. The van der Waals surface area contributed by atoms with Gasteiger partial charge in [0.15, 0.2) is 9.84 Å². The molecule has 0 aromatic heterocycles. The molecule has 2 N–H and O–H groups in total. The van der Waals surface area contributed by atoms with Crippen molar-refractivity contribution in [1.82, 2.24) is 0 Å². The molecule has 1 atom stereocenters. The molecule has 1 amide bonds. The minimum Gasteiger partial charge on any atom is -0.373 e. The highest BCUT2D eigenvalue weighted by Crippen LogP contribution is 2.33. The Kier molecular flexibility index (Phi) is 7.06. The standard InChI is InChI=1S/C19H19ClF3NO6S2/c1-11(2)31(27,28)12-4-6-13(7-5-12)32(29,30)14-8-9-16(15(20)10-14)24-17(25)18(3,26)19(21,22)23/h4-11,26H,1-3H3,(H,24,25)/t18-/m1/s1. The van der Waals surface area contributed by atoms with Crippen LogP contribution in [0.1, 0.15) is 20.8 Å². The van der Waals surface area contributed by atoms with Gasteiger partial charge in [-0.25, -0.2) is 16.8 Å². The highest BCUT2D eigenvalue weighted by molar-refractivity contribution is 7.92. The van der Waals surface area contributed by atoms with Crippen LogP contribution in [0.3, 0.4) is 0 Å². The zero-order chi connectivity index (χ0) is 24.7. The molecule has 0 aliphatic carbocycles. The summed E-state index contributed by atoms with van der Waals surface area (Å²) in [5, 5.41) is 10.1. The van der Waals surface area contributed by atoms with Gasteiger partial charge in [0.05, 0.1) is 30.6 Å². The fourth-order valence-corrected chi connectivity index (χ4v) is 4.99. The maximum atomic E-state index is 12.8. The first-order valence-electron chi connectivity index (χ1n) is 8.91. The molecule has 0 radical (unpaired) electrons. The Bertz CT molecular complexity index is 1240. The van der Waals surface area contributed by atoms with Crippen molar-refractivity contribution in [2.75, 3.05) is 5.32 Å². The first-order chi connectivity index (χ1) is 14.4. The van der Waals surface area contributed by atoms with Crippen LogP contribution >= 0.6 is 11.6 Å². The summed E-state index contributed by atoms with van der Waals surface area (Å²) in [4.78, 5) is 11.1. The van der Waals surface area contributed by atoms with E-state index >= 15 is 0 Å². The Morgan fingerprint density at radius 1 is 0.969 bits per heavy atom. The van der Waals surface area contributed by atoms with Crippen LogP contribution in [0.25, 0.3) is 0 Å². The molecule has 176 valence electrons. The van der Waals surface area contributed by atoms with Crippen molar-refractivity contribution in [3.8, 4) is 0 Å². The molecule has 2 aromatic carbocycles. The maximum Gasteiger partial charge on any atom is 0.426 e. The molecule has 0 aliphatic rings. The van der Waals surface area contributed by atoms with Crippen LogP contribution < -0.4 is 5.32 Å². The molecule has 0 saturated carbocycles. The van der Waals surface area contributed by atoms with E-state index in [0.29, 0.717) is 0 Å². The molecular formula is C19H19ClF3NO6S2. The zero-order valence-corrected chi connectivity index (χ0v) is 19.3. The lowest BCUT2D eigenvalue weighted by atomic mass is 10.1. The van der Waals surface area contributed by atoms with E-state index in [0.717, 1.165) is 42.5 Å². The number of halogens is 4. The van der Waals surface area contributed by atoms with Crippen molar-refractivity contribution in [3.05, 3.63) is 47.5 Å². The average molecular weight is 514 g/mol. The van der Waals surface area contributed by atoms with E-state index in [2.05, 4.69) is 0 Å². The number of carbonyl (C=O) groups excluding carboxylic acids is 1. The number of aliphatic hydroxyl groups is 1. The molecule has 2 aromatic rings. The number of alkyl halides is 3. The Hall–Kier alpha value is -2.15. The Labute approximate surface area is 188 Å². The highest BCUT2D eigenvalue weighted by Gasteiger charge is 2.55. The van der Waals surface area contributed by atoms with Gasteiger partial charge >= 0.3 is 6.18 Å². The third-order valence-electron chi connectivity index (χ3n) is 4.58. The second-order valence-electron chi connectivity index (χ2n) is 7.23. The molecular weight excluding hydrogens is 495 g/mol. The molecule has 0 bridgehead atoms. The van der Waals surface area contributed by atoms with Crippen molar-refractivity contribution in [1.29, 1.82) is 0 Å². The van der Waals surface area contributed by atoms with Crippen LogP contribution in [0.2, 0.25) is 5.02 Å². The monoisotopic (exact) mass is 513 g/mol. The van der Waals surface area contributed by atoms with E-state index in [-0.39, 0.29) is 27.3 Å². The van der Waals surface area contributed by atoms with Gasteiger partial charge in [0.25, 0.3) is 5.91 Å². The molecule has 0 aliphatic heterocycles. The molecule has 0 heterocycles. The van der Waals surface area contributed by atoms with Gasteiger partial charge in [0.1, 0.15) is 0 Å². The van der Waals surface area contributed by atoms with Crippen molar-refractivity contribution < 1.29 is 39.9 Å². The van der Waals surface area contributed by atoms with E-state index in [1.807, 2.05) is 5.32 Å². The van der Waals surface area contributed by atoms with E-state index in [1.165, 1.54) is 13.8 Å². The predicted molar refractivity (Wildman–Crippen MR) is 111 cm³/mol. The Morgan fingerprint density at radius 2 is 1.44 bits per heavy atom. The molecule has 0 saturated heterocycles. The van der Waals surface area contributed by atoms with Gasteiger partial charge in [0.2, 0.25) is 15.4 Å². The van der Waals surface area contributed by atoms with E-state index < -0.39 is 47.6 Å². The first-order valence-corrected chi connectivity index (χ1v) is 12.3. The van der Waals surface area contributed by atoms with Crippen LogP contribution in [-0.4, -0.2) is 44.9 Å². The number of sulfone groups is 2. The molecule has 0 unspecified atom stereocenters. The molecule has 13 heteroatoms. The van der Waals surface area contributed by atoms with Gasteiger partial charge in [-0.1, -0.05) is 11.6 Å². The minimum absolute atomic E-state index is 0.0562. The van der Waals surface area contributed by atoms with E-state index in [1.54, 1.807) is 0 Å². The number of nitrogens with one attached hydrogen (secondary N) is 1. The number of benzene rings is 2. The highest BCUT2D eigenvalue weighted by atomic mass is 35.5. The number of hydrogen-bond donors (Lipinski definition) is 2. The summed E-state index contributed by atoms with van der Waals surface area (Å²) in [6.07, 6.45) is -5.25. The van der Waals surface area contributed by atoms with Gasteiger partial charge in [-0.05, 0) is 63.2 Å². The van der Waals surface area contributed by atoms with Crippen molar-refractivity contribution in [2.24, 2.45) is 0 Å². The lowest BCUT2D eigenvalue weighted by Gasteiger charge is -2.25. The summed E-state index contributed by atoms with van der Waals surface area (Å²) in [6.45, 7) is 3.23. The third kappa shape index (κ3) is 4.92. The van der Waals surface area contributed by atoms with Gasteiger partial charge in [-0.2, -0.15) is 13.2 Å². The normalized spacial score (nSPS) is 14.8. The second kappa shape index (κ2) is 8.65. The van der Waals surface area contributed by atoms with Crippen LogP contribution in [-0.2, 0) is 24.5 Å². The lowest BCUT2D eigenvalue weighted by molar-refractivity contribution is -0.242. The Balaban J connectivity index is 2.35. The number of hydrogen-bond acceptors (Lipinski definition) is 6. The smallest absolute Gasteiger partial charge is 0.373 e. The topological polar surface area (TPSA) is 118 Å². The second-order valence-corrected chi connectivity index (χ2v) is 12.1. The summed E-state index contributed by atoms with van der Waals surface area (Å²) in [5.41, 5.74) is -4.04. The fraction of sp³-hybridized carbons (Fsp3) is 0.316. The summed E-state index contributed by atoms with van der Waals surface area (Å²) >= 11 is 5.93. The molecule has 32 heavy (non-hydrogen) atoms. The van der Waals surface area contributed by atoms with E-state index in [4.69, 9.17) is 11.6 Å². The fourth-order valence-electron chi connectivity index (χ4n) is 2.35.